The van der Waals surface area contributed by atoms with Gasteiger partial charge >= 0.3 is 0 Å². The van der Waals surface area contributed by atoms with Gasteiger partial charge in [-0.1, -0.05) is 24.6 Å². The molecule has 4 aliphatic rings. The van der Waals surface area contributed by atoms with Crippen molar-refractivity contribution in [1.29, 1.82) is 0 Å². The van der Waals surface area contributed by atoms with Crippen LogP contribution in [0.25, 0.3) is 11.1 Å². The van der Waals surface area contributed by atoms with Crippen LogP contribution in [0.4, 0.5) is 4.39 Å². The van der Waals surface area contributed by atoms with Gasteiger partial charge in [-0.2, -0.15) is 0 Å². The fourth-order valence-corrected chi connectivity index (χ4v) is 5.92. The second-order valence-corrected chi connectivity index (χ2v) is 10.8. The molecule has 6 nitrogen and oxygen atoms in total. The number of nitrogens with one attached hydrogen (secondary N) is 1. The highest BCUT2D eigenvalue weighted by Crippen LogP contribution is 2.53. The Bertz CT molecular complexity index is 1190. The number of hydrogen-bond donors (Lipinski definition) is 2. The van der Waals surface area contributed by atoms with E-state index in [2.05, 4.69) is 5.32 Å². The second-order valence-electron chi connectivity index (χ2n) is 10.3. The number of ether oxygens (including phenoxy) is 2. The first-order valence-corrected chi connectivity index (χ1v) is 12.2. The average Bonchev–Trinajstić information content (AvgIpc) is 3.44. The summed E-state index contributed by atoms with van der Waals surface area (Å²) in [5.74, 6) is 0.465. The third-order valence-electron chi connectivity index (χ3n) is 7.95. The van der Waals surface area contributed by atoms with Gasteiger partial charge in [-0.3, -0.25) is 4.79 Å². The number of halogens is 2. The van der Waals surface area contributed by atoms with Crippen LogP contribution in [-0.2, 0) is 15.1 Å². The first kappa shape index (κ1) is 21.7. The minimum Gasteiger partial charge on any atom is -0.490 e. The van der Waals surface area contributed by atoms with Gasteiger partial charge < -0.3 is 20.5 Å². The summed E-state index contributed by atoms with van der Waals surface area (Å²) in [4.78, 5) is 17.5. The van der Waals surface area contributed by atoms with Gasteiger partial charge in [-0.05, 0) is 73.6 Å². The smallest absolute Gasteiger partial charge is 0.283 e. The molecule has 0 bridgehead atoms. The number of fused-ring (bicyclic) bond motifs is 4. The lowest BCUT2D eigenvalue weighted by atomic mass is 9.67. The number of carbonyl (C=O) groups is 1. The molecule has 2 aliphatic carbocycles. The van der Waals surface area contributed by atoms with E-state index in [0.29, 0.717) is 17.2 Å². The van der Waals surface area contributed by atoms with Crippen LogP contribution in [0.15, 0.2) is 41.4 Å². The van der Waals surface area contributed by atoms with Crippen LogP contribution in [0.1, 0.15) is 44.6 Å². The van der Waals surface area contributed by atoms with E-state index in [9.17, 15) is 9.18 Å². The van der Waals surface area contributed by atoms with Crippen molar-refractivity contribution >= 4 is 23.5 Å². The summed E-state index contributed by atoms with van der Waals surface area (Å²) in [5.41, 5.74) is 7.45. The molecule has 6 rings (SSSR count). The third kappa shape index (κ3) is 3.52. The quantitative estimate of drug-likeness (QED) is 0.671. The Morgan fingerprint density at radius 2 is 2.03 bits per heavy atom. The predicted molar refractivity (Wildman–Crippen MR) is 127 cm³/mol. The Morgan fingerprint density at radius 3 is 2.74 bits per heavy atom. The maximum Gasteiger partial charge on any atom is 0.283 e. The Labute approximate surface area is 202 Å². The highest BCUT2D eigenvalue weighted by atomic mass is 35.5. The van der Waals surface area contributed by atoms with Crippen molar-refractivity contribution in [3.63, 3.8) is 0 Å². The fourth-order valence-electron chi connectivity index (χ4n) is 5.70. The van der Waals surface area contributed by atoms with Crippen molar-refractivity contribution in [3.05, 3.63) is 52.8 Å². The number of nitrogens with two attached hydrogens (primary N) is 1. The molecule has 1 amide bonds. The highest BCUT2D eigenvalue weighted by Gasteiger charge is 2.56. The molecule has 2 fully saturated rings. The standard InChI is InChI=1S/C26H27ClFN3O3/c1-25(6-7-25)23(32)30-18-3-5-22-20(12-18)26(13-33-24(29)31-26)19-10-14(2-4-21(19)34-22)15-8-16(27)11-17(28)9-15/h2,4,8-11,18,20,22H,3,5-7,12-13H2,1H3,(H2,29,31)(H,30,32). The third-order valence-corrected chi connectivity index (χ3v) is 8.17. The van der Waals surface area contributed by atoms with Gasteiger partial charge in [0.25, 0.3) is 6.02 Å². The van der Waals surface area contributed by atoms with Gasteiger partial charge in [0.2, 0.25) is 5.91 Å². The van der Waals surface area contributed by atoms with Gasteiger partial charge in [0, 0.05) is 28.0 Å². The minimum atomic E-state index is -0.720. The van der Waals surface area contributed by atoms with E-state index in [1.54, 1.807) is 6.07 Å². The second kappa shape index (κ2) is 7.60. The van der Waals surface area contributed by atoms with Crippen LogP contribution >= 0.6 is 11.6 Å². The molecule has 2 saturated carbocycles. The average molecular weight is 484 g/mol. The summed E-state index contributed by atoms with van der Waals surface area (Å²) < 4.78 is 26.2. The SMILES string of the molecule is CC1(C(=O)NC2CCC3Oc4ccc(-c5cc(F)cc(Cl)c5)cc4C4(COC(N)=N4)C3C2)CC1. The first-order valence-electron chi connectivity index (χ1n) is 11.8. The molecule has 4 unspecified atom stereocenters. The molecular weight excluding hydrogens is 457 g/mol. The largest absolute Gasteiger partial charge is 0.490 e. The summed E-state index contributed by atoms with van der Waals surface area (Å²) in [6.07, 6.45) is 4.23. The molecule has 1 spiro atoms. The van der Waals surface area contributed by atoms with E-state index < -0.39 is 11.4 Å². The first-order chi connectivity index (χ1) is 16.3. The molecule has 2 aliphatic heterocycles. The molecule has 4 atom stereocenters. The van der Waals surface area contributed by atoms with Crippen LogP contribution in [0.5, 0.6) is 5.75 Å². The van der Waals surface area contributed by atoms with Gasteiger partial charge in [0.05, 0.1) is 0 Å². The molecule has 34 heavy (non-hydrogen) atoms. The van der Waals surface area contributed by atoms with Crippen LogP contribution in [0, 0.1) is 17.2 Å². The van der Waals surface area contributed by atoms with E-state index in [1.807, 2.05) is 25.1 Å². The Balaban J connectivity index is 1.38. The van der Waals surface area contributed by atoms with E-state index in [4.69, 9.17) is 31.8 Å². The highest BCUT2D eigenvalue weighted by molar-refractivity contribution is 6.30. The van der Waals surface area contributed by atoms with Crippen molar-refractivity contribution < 1.29 is 18.7 Å². The van der Waals surface area contributed by atoms with Crippen molar-refractivity contribution in [2.24, 2.45) is 22.1 Å². The monoisotopic (exact) mass is 483 g/mol. The zero-order valence-electron chi connectivity index (χ0n) is 18.9. The van der Waals surface area contributed by atoms with E-state index in [-0.39, 0.29) is 35.4 Å². The number of amides is 1. The number of hydrogen-bond acceptors (Lipinski definition) is 5. The van der Waals surface area contributed by atoms with Gasteiger partial charge in [0.1, 0.15) is 29.8 Å². The number of nitrogens with zero attached hydrogens (tertiary/aromatic N) is 1. The maximum atomic E-state index is 14.1. The van der Waals surface area contributed by atoms with Crippen LogP contribution in [0.3, 0.4) is 0 Å². The summed E-state index contributed by atoms with van der Waals surface area (Å²) in [6.45, 7) is 2.33. The number of amidine groups is 1. The fraction of sp³-hybridized carbons (Fsp3) is 0.462. The van der Waals surface area contributed by atoms with Crippen molar-refractivity contribution in [1.82, 2.24) is 5.32 Å². The molecule has 0 radical (unpaired) electrons. The molecule has 8 heteroatoms. The zero-order chi connectivity index (χ0) is 23.7. The van der Waals surface area contributed by atoms with Crippen LogP contribution in [0.2, 0.25) is 5.02 Å². The number of carbonyl (C=O) groups excluding carboxylic acids is 1. The molecule has 178 valence electrons. The molecular formula is C26H27ClFN3O3. The number of benzene rings is 2. The van der Waals surface area contributed by atoms with Gasteiger partial charge in [-0.25, -0.2) is 9.38 Å². The van der Waals surface area contributed by atoms with Crippen molar-refractivity contribution in [3.8, 4) is 16.9 Å². The van der Waals surface area contributed by atoms with Crippen molar-refractivity contribution in [2.75, 3.05) is 6.61 Å². The maximum absolute atomic E-state index is 14.1. The van der Waals surface area contributed by atoms with Crippen LogP contribution < -0.4 is 15.8 Å². The lowest BCUT2D eigenvalue weighted by molar-refractivity contribution is -0.127. The summed E-state index contributed by atoms with van der Waals surface area (Å²) in [5, 5.41) is 3.61. The lowest BCUT2D eigenvalue weighted by Crippen LogP contribution is -2.54. The molecule has 0 saturated heterocycles. The molecule has 3 N–H and O–H groups in total. The van der Waals surface area contributed by atoms with Crippen molar-refractivity contribution in [2.45, 2.75) is 56.7 Å². The lowest BCUT2D eigenvalue weighted by Gasteiger charge is -2.48. The Morgan fingerprint density at radius 1 is 1.21 bits per heavy atom. The van der Waals surface area contributed by atoms with Gasteiger partial charge in [0.15, 0.2) is 0 Å². The number of rotatable bonds is 3. The Hall–Kier alpha value is -2.80. The summed E-state index contributed by atoms with van der Waals surface area (Å²) in [6, 6.07) is 10.5. The molecule has 2 aromatic rings. The van der Waals surface area contributed by atoms with E-state index in [0.717, 1.165) is 49.0 Å². The molecule has 0 aromatic heterocycles. The minimum absolute atomic E-state index is 0.0153. The molecule has 2 aromatic carbocycles. The van der Waals surface area contributed by atoms with Gasteiger partial charge in [-0.15, -0.1) is 0 Å². The normalized spacial score (nSPS) is 30.4. The molecule has 2 heterocycles. The topological polar surface area (TPSA) is 85.9 Å². The van der Waals surface area contributed by atoms with E-state index >= 15 is 0 Å². The summed E-state index contributed by atoms with van der Waals surface area (Å²) in [7, 11) is 0. The summed E-state index contributed by atoms with van der Waals surface area (Å²) >= 11 is 6.11. The van der Waals surface area contributed by atoms with E-state index in [1.165, 1.54) is 12.1 Å². The van der Waals surface area contributed by atoms with Crippen LogP contribution in [-0.4, -0.2) is 30.7 Å². The zero-order valence-corrected chi connectivity index (χ0v) is 19.7. The predicted octanol–water partition coefficient (Wildman–Crippen LogP) is 4.53. The number of aliphatic imine (C=N–C) groups is 1. The Kier molecular flexibility index (Phi) is 4.86.